The standard InChI is InChI=1S/C14H14ClIN2O/c1-3-18-8-10(15)6-13(18)14(19)17-12-7-11(16)5-4-9(12)2/h4-8H,3H2,1-2H3,(H,17,19). The summed E-state index contributed by atoms with van der Waals surface area (Å²) in [5.74, 6) is -0.140. The van der Waals surface area contributed by atoms with Gasteiger partial charge in [0.05, 0.1) is 5.02 Å². The van der Waals surface area contributed by atoms with E-state index in [9.17, 15) is 4.79 Å². The molecule has 0 fully saturated rings. The molecule has 0 unspecified atom stereocenters. The maximum atomic E-state index is 12.3. The van der Waals surface area contributed by atoms with Crippen LogP contribution in [0, 0.1) is 10.5 Å². The molecule has 0 radical (unpaired) electrons. The highest BCUT2D eigenvalue weighted by Gasteiger charge is 2.13. The number of aryl methyl sites for hydroxylation is 2. The second-order valence-electron chi connectivity index (χ2n) is 4.24. The smallest absolute Gasteiger partial charge is 0.272 e. The monoisotopic (exact) mass is 388 g/mol. The molecule has 0 aliphatic heterocycles. The molecule has 0 bridgehead atoms. The van der Waals surface area contributed by atoms with Crippen molar-refractivity contribution in [2.75, 3.05) is 5.32 Å². The highest BCUT2D eigenvalue weighted by atomic mass is 127. The third kappa shape index (κ3) is 3.30. The van der Waals surface area contributed by atoms with Crippen LogP contribution in [-0.4, -0.2) is 10.5 Å². The van der Waals surface area contributed by atoms with E-state index in [1.807, 2.05) is 36.6 Å². The molecule has 1 aromatic carbocycles. The van der Waals surface area contributed by atoms with Gasteiger partial charge >= 0.3 is 0 Å². The van der Waals surface area contributed by atoms with Gasteiger partial charge in [-0.2, -0.15) is 0 Å². The Balaban J connectivity index is 2.27. The van der Waals surface area contributed by atoms with Crippen LogP contribution in [0.5, 0.6) is 0 Å². The number of nitrogens with zero attached hydrogens (tertiary/aromatic N) is 1. The molecule has 1 N–H and O–H groups in total. The lowest BCUT2D eigenvalue weighted by atomic mass is 10.2. The molecule has 2 rings (SSSR count). The van der Waals surface area contributed by atoms with Crippen molar-refractivity contribution >= 4 is 45.8 Å². The Bertz CT molecular complexity index is 622. The van der Waals surface area contributed by atoms with E-state index < -0.39 is 0 Å². The van der Waals surface area contributed by atoms with E-state index in [0.29, 0.717) is 17.3 Å². The summed E-state index contributed by atoms with van der Waals surface area (Å²) in [5.41, 5.74) is 2.44. The number of nitrogens with one attached hydrogen (secondary N) is 1. The van der Waals surface area contributed by atoms with Crippen LogP contribution in [0.25, 0.3) is 0 Å². The maximum Gasteiger partial charge on any atom is 0.272 e. The summed E-state index contributed by atoms with van der Waals surface area (Å²) in [6.45, 7) is 4.65. The molecule has 5 heteroatoms. The van der Waals surface area contributed by atoms with Crippen molar-refractivity contribution in [1.82, 2.24) is 4.57 Å². The number of halogens is 2. The van der Waals surface area contributed by atoms with Crippen LogP contribution >= 0.6 is 34.2 Å². The lowest BCUT2D eigenvalue weighted by Gasteiger charge is -2.10. The summed E-state index contributed by atoms with van der Waals surface area (Å²) >= 11 is 8.17. The predicted octanol–water partition coefficient (Wildman–Crippen LogP) is 4.33. The molecule has 1 heterocycles. The van der Waals surface area contributed by atoms with Gasteiger partial charge in [0.1, 0.15) is 5.69 Å². The van der Waals surface area contributed by atoms with E-state index >= 15 is 0 Å². The second kappa shape index (κ2) is 5.96. The summed E-state index contributed by atoms with van der Waals surface area (Å²) in [7, 11) is 0. The van der Waals surface area contributed by atoms with E-state index in [0.717, 1.165) is 14.8 Å². The quantitative estimate of drug-likeness (QED) is 0.780. The van der Waals surface area contributed by atoms with Crippen molar-refractivity contribution in [2.45, 2.75) is 20.4 Å². The van der Waals surface area contributed by atoms with E-state index in [4.69, 9.17) is 11.6 Å². The number of rotatable bonds is 3. The van der Waals surface area contributed by atoms with Gasteiger partial charge in [-0.25, -0.2) is 0 Å². The SMILES string of the molecule is CCn1cc(Cl)cc1C(=O)Nc1cc(I)ccc1C. The van der Waals surface area contributed by atoms with E-state index in [1.165, 1.54) is 0 Å². The van der Waals surface area contributed by atoms with Crippen molar-refractivity contribution in [3.63, 3.8) is 0 Å². The molecule has 0 aliphatic carbocycles. The fraction of sp³-hybridized carbons (Fsp3) is 0.214. The largest absolute Gasteiger partial charge is 0.342 e. The van der Waals surface area contributed by atoms with Crippen LogP contribution in [0.1, 0.15) is 23.0 Å². The molecule has 2 aromatic rings. The number of anilines is 1. The van der Waals surface area contributed by atoms with Gasteiger partial charge in [-0.1, -0.05) is 17.7 Å². The summed E-state index contributed by atoms with van der Waals surface area (Å²) < 4.78 is 2.92. The molecule has 1 amide bonds. The number of benzene rings is 1. The third-order valence-corrected chi connectivity index (χ3v) is 3.76. The van der Waals surface area contributed by atoms with Gasteiger partial charge < -0.3 is 9.88 Å². The molecular formula is C14H14ClIN2O. The number of carbonyl (C=O) groups excluding carboxylic acids is 1. The van der Waals surface area contributed by atoms with Gasteiger partial charge in [-0.15, -0.1) is 0 Å². The maximum absolute atomic E-state index is 12.3. The molecule has 0 saturated carbocycles. The average molecular weight is 389 g/mol. The Morgan fingerprint density at radius 1 is 1.42 bits per heavy atom. The molecule has 0 saturated heterocycles. The zero-order valence-electron chi connectivity index (χ0n) is 10.7. The van der Waals surface area contributed by atoms with Crippen LogP contribution in [0.15, 0.2) is 30.5 Å². The summed E-state index contributed by atoms with van der Waals surface area (Å²) in [4.78, 5) is 12.3. The first-order chi connectivity index (χ1) is 9.01. The Kier molecular flexibility index (Phi) is 4.52. The Morgan fingerprint density at radius 2 is 2.16 bits per heavy atom. The van der Waals surface area contributed by atoms with Gasteiger partial charge in [-0.05, 0) is 60.2 Å². The molecule has 0 aliphatic rings. The predicted molar refractivity (Wildman–Crippen MR) is 87.0 cm³/mol. The van der Waals surface area contributed by atoms with Crippen LogP contribution in [0.4, 0.5) is 5.69 Å². The number of aromatic nitrogens is 1. The van der Waals surface area contributed by atoms with Gasteiger partial charge in [-0.3, -0.25) is 4.79 Å². The number of hydrogen-bond donors (Lipinski definition) is 1. The molecule has 100 valence electrons. The highest BCUT2D eigenvalue weighted by Crippen LogP contribution is 2.20. The summed E-state index contributed by atoms with van der Waals surface area (Å²) in [5, 5.41) is 3.51. The van der Waals surface area contributed by atoms with E-state index in [1.54, 1.807) is 12.3 Å². The average Bonchev–Trinajstić information content (AvgIpc) is 2.75. The molecule has 0 spiro atoms. The van der Waals surface area contributed by atoms with Crippen molar-refractivity contribution in [3.05, 3.63) is 50.3 Å². The number of carbonyl (C=O) groups is 1. The first-order valence-corrected chi connectivity index (χ1v) is 7.40. The van der Waals surface area contributed by atoms with Crippen LogP contribution in [0.2, 0.25) is 5.02 Å². The first kappa shape index (κ1) is 14.4. The van der Waals surface area contributed by atoms with Crippen molar-refractivity contribution in [1.29, 1.82) is 0 Å². The molecule has 3 nitrogen and oxygen atoms in total. The van der Waals surface area contributed by atoms with Gasteiger partial charge in [0.15, 0.2) is 0 Å². The van der Waals surface area contributed by atoms with Crippen LogP contribution in [-0.2, 0) is 6.54 Å². The zero-order valence-corrected chi connectivity index (χ0v) is 13.6. The Morgan fingerprint density at radius 3 is 2.84 bits per heavy atom. The van der Waals surface area contributed by atoms with Gasteiger partial charge in [0, 0.05) is 22.0 Å². The summed E-state index contributed by atoms with van der Waals surface area (Å²) in [6, 6.07) is 7.64. The fourth-order valence-electron chi connectivity index (χ4n) is 1.84. The minimum absolute atomic E-state index is 0.140. The van der Waals surface area contributed by atoms with Gasteiger partial charge in [0.2, 0.25) is 0 Å². The number of amides is 1. The second-order valence-corrected chi connectivity index (χ2v) is 5.93. The Hall–Kier alpha value is -1.01. The topological polar surface area (TPSA) is 34.0 Å². The normalized spacial score (nSPS) is 10.5. The molecule has 0 atom stereocenters. The van der Waals surface area contributed by atoms with Crippen molar-refractivity contribution < 1.29 is 4.79 Å². The Labute approximate surface area is 131 Å². The fourth-order valence-corrected chi connectivity index (χ4v) is 2.55. The lowest BCUT2D eigenvalue weighted by Crippen LogP contribution is -2.17. The van der Waals surface area contributed by atoms with E-state index in [2.05, 4.69) is 27.9 Å². The minimum Gasteiger partial charge on any atom is -0.342 e. The van der Waals surface area contributed by atoms with Crippen molar-refractivity contribution in [2.24, 2.45) is 0 Å². The molecule has 19 heavy (non-hydrogen) atoms. The molecule has 1 aromatic heterocycles. The highest BCUT2D eigenvalue weighted by molar-refractivity contribution is 14.1. The third-order valence-electron chi connectivity index (χ3n) is 2.88. The lowest BCUT2D eigenvalue weighted by molar-refractivity contribution is 0.101. The first-order valence-electron chi connectivity index (χ1n) is 5.94. The van der Waals surface area contributed by atoms with Gasteiger partial charge in [0.25, 0.3) is 5.91 Å². The van der Waals surface area contributed by atoms with Crippen LogP contribution < -0.4 is 5.32 Å². The molecular weight excluding hydrogens is 375 g/mol. The summed E-state index contributed by atoms with van der Waals surface area (Å²) in [6.07, 6.45) is 1.76. The van der Waals surface area contributed by atoms with Crippen molar-refractivity contribution in [3.8, 4) is 0 Å². The van der Waals surface area contributed by atoms with E-state index in [-0.39, 0.29) is 5.91 Å². The number of hydrogen-bond acceptors (Lipinski definition) is 1. The minimum atomic E-state index is -0.140. The zero-order chi connectivity index (χ0) is 14.0. The van der Waals surface area contributed by atoms with Crippen LogP contribution in [0.3, 0.4) is 0 Å².